The molecule has 0 spiro atoms. The standard InChI is InChI=1S/C25H23FIN3O5S/c1-28-24(31)21-18-14-19(27)23(29-25(18)35-22(21)16-9-11-17(26)12-10-16)30(36(32)33)13-5-7-15-6-3-4-8-20(15)34-2/h3-4,6,8-12,14H,5,7,13H2,1-2H3,(H,28,31)(H,32,33). The van der Waals surface area contributed by atoms with Crippen molar-refractivity contribution in [1.82, 2.24) is 10.3 Å². The van der Waals surface area contributed by atoms with Gasteiger partial charge in [0.15, 0.2) is 5.82 Å². The average molecular weight is 623 g/mol. The lowest BCUT2D eigenvalue weighted by Crippen LogP contribution is -2.28. The van der Waals surface area contributed by atoms with Gasteiger partial charge in [-0.05, 0) is 77.4 Å². The number of benzene rings is 2. The van der Waals surface area contributed by atoms with Crippen LogP contribution in [0, 0.1) is 9.39 Å². The number of hydrogen-bond donors (Lipinski definition) is 2. The molecule has 1 amide bonds. The number of methoxy groups -OCH3 is 1. The zero-order chi connectivity index (χ0) is 25.8. The first-order valence-electron chi connectivity index (χ1n) is 11.0. The molecule has 0 aliphatic rings. The van der Waals surface area contributed by atoms with Crippen LogP contribution in [0.25, 0.3) is 22.4 Å². The summed E-state index contributed by atoms with van der Waals surface area (Å²) in [6.45, 7) is 0.240. The van der Waals surface area contributed by atoms with Crippen molar-refractivity contribution in [2.24, 2.45) is 0 Å². The summed E-state index contributed by atoms with van der Waals surface area (Å²) >= 11 is -0.329. The predicted octanol–water partition coefficient (Wildman–Crippen LogP) is 5.18. The summed E-state index contributed by atoms with van der Waals surface area (Å²) in [6, 6.07) is 14.9. The summed E-state index contributed by atoms with van der Waals surface area (Å²) in [5, 5.41) is 3.04. The average Bonchev–Trinajstić information content (AvgIpc) is 3.24. The molecule has 36 heavy (non-hydrogen) atoms. The number of amides is 1. The van der Waals surface area contributed by atoms with E-state index in [4.69, 9.17) is 9.15 Å². The van der Waals surface area contributed by atoms with Crippen LogP contribution < -0.4 is 14.4 Å². The maximum atomic E-state index is 13.5. The predicted molar refractivity (Wildman–Crippen MR) is 145 cm³/mol. The minimum Gasteiger partial charge on any atom is -0.496 e. The molecule has 2 N–H and O–H groups in total. The zero-order valence-corrected chi connectivity index (χ0v) is 22.4. The quantitative estimate of drug-likeness (QED) is 0.197. The van der Waals surface area contributed by atoms with E-state index in [9.17, 15) is 17.9 Å². The van der Waals surface area contributed by atoms with Crippen LogP contribution in [0.15, 0.2) is 59.0 Å². The van der Waals surface area contributed by atoms with Gasteiger partial charge in [0.2, 0.25) is 5.71 Å². The summed E-state index contributed by atoms with van der Waals surface area (Å²) in [7, 11) is 3.10. The molecule has 11 heteroatoms. The van der Waals surface area contributed by atoms with Crippen LogP contribution >= 0.6 is 22.6 Å². The van der Waals surface area contributed by atoms with Crippen molar-refractivity contribution in [2.45, 2.75) is 12.8 Å². The first-order chi connectivity index (χ1) is 17.3. The zero-order valence-electron chi connectivity index (χ0n) is 19.5. The molecule has 0 aliphatic heterocycles. The normalized spacial score (nSPS) is 11.9. The van der Waals surface area contributed by atoms with E-state index in [1.165, 1.54) is 35.6 Å². The van der Waals surface area contributed by atoms with Gasteiger partial charge in [-0.2, -0.15) is 4.98 Å². The van der Waals surface area contributed by atoms with Crippen LogP contribution in [0.1, 0.15) is 22.3 Å². The first kappa shape index (κ1) is 26.0. The number of pyridine rings is 1. The molecule has 188 valence electrons. The summed E-state index contributed by atoms with van der Waals surface area (Å²) < 4.78 is 49.0. The Morgan fingerprint density at radius 1 is 1.25 bits per heavy atom. The van der Waals surface area contributed by atoms with Crippen molar-refractivity contribution < 1.29 is 27.1 Å². The van der Waals surface area contributed by atoms with E-state index >= 15 is 0 Å². The van der Waals surface area contributed by atoms with Crippen molar-refractivity contribution >= 4 is 56.7 Å². The second kappa shape index (κ2) is 11.4. The molecule has 0 bridgehead atoms. The van der Waals surface area contributed by atoms with Crippen LogP contribution in [0.2, 0.25) is 0 Å². The van der Waals surface area contributed by atoms with E-state index in [2.05, 4.69) is 10.3 Å². The summed E-state index contributed by atoms with van der Waals surface area (Å²) in [6.07, 6.45) is 1.19. The lowest BCUT2D eigenvalue weighted by molar-refractivity contribution is 0.0964. The molecule has 1 unspecified atom stereocenters. The van der Waals surface area contributed by atoms with Gasteiger partial charge >= 0.3 is 0 Å². The largest absolute Gasteiger partial charge is 0.496 e. The fraction of sp³-hybridized carbons (Fsp3) is 0.200. The highest BCUT2D eigenvalue weighted by atomic mass is 127. The number of nitrogens with one attached hydrogen (secondary N) is 1. The third kappa shape index (κ3) is 5.37. The number of furan rings is 1. The number of aryl methyl sites for hydroxylation is 1. The fourth-order valence-electron chi connectivity index (χ4n) is 3.90. The number of carbonyl (C=O) groups is 1. The number of carbonyl (C=O) groups excluding carboxylic acids is 1. The molecule has 8 nitrogen and oxygen atoms in total. The molecule has 0 saturated heterocycles. The third-order valence-electron chi connectivity index (χ3n) is 5.60. The van der Waals surface area contributed by atoms with Gasteiger partial charge in [-0.1, -0.05) is 18.2 Å². The Labute approximate surface area is 223 Å². The maximum absolute atomic E-state index is 13.5. The van der Waals surface area contributed by atoms with Crippen LogP contribution in [0.3, 0.4) is 0 Å². The Morgan fingerprint density at radius 3 is 2.64 bits per heavy atom. The van der Waals surface area contributed by atoms with Crippen molar-refractivity contribution in [1.29, 1.82) is 0 Å². The lowest BCUT2D eigenvalue weighted by Gasteiger charge is -2.20. The number of rotatable bonds is 9. The smallest absolute Gasteiger partial charge is 0.263 e. The van der Waals surface area contributed by atoms with Crippen LogP contribution in [0.5, 0.6) is 5.75 Å². The fourth-order valence-corrected chi connectivity index (χ4v) is 5.36. The van der Waals surface area contributed by atoms with Gasteiger partial charge < -0.3 is 14.5 Å². The second-order valence-electron chi connectivity index (χ2n) is 7.79. The highest BCUT2D eigenvalue weighted by Gasteiger charge is 2.26. The Balaban J connectivity index is 1.70. The molecular weight excluding hydrogens is 600 g/mol. The van der Waals surface area contributed by atoms with Gasteiger partial charge in [-0.25, -0.2) is 8.60 Å². The number of fused-ring (bicyclic) bond motifs is 1. The lowest BCUT2D eigenvalue weighted by atomic mass is 10.1. The maximum Gasteiger partial charge on any atom is 0.263 e. The molecular formula is C25H23FIN3O5S. The van der Waals surface area contributed by atoms with Crippen molar-refractivity contribution in [3.8, 4) is 17.1 Å². The highest BCUT2D eigenvalue weighted by molar-refractivity contribution is 14.1. The highest BCUT2D eigenvalue weighted by Crippen LogP contribution is 2.36. The van der Waals surface area contributed by atoms with Gasteiger partial charge in [0.25, 0.3) is 17.2 Å². The summed E-state index contributed by atoms with van der Waals surface area (Å²) in [5.41, 5.74) is 1.88. The number of ether oxygens (including phenoxy) is 1. The van der Waals surface area contributed by atoms with Gasteiger partial charge in [-0.3, -0.25) is 13.7 Å². The van der Waals surface area contributed by atoms with Crippen molar-refractivity contribution in [2.75, 3.05) is 25.0 Å². The Bertz CT molecular complexity index is 1430. The van der Waals surface area contributed by atoms with E-state index in [-0.39, 0.29) is 29.4 Å². The van der Waals surface area contributed by atoms with Gasteiger partial charge in [0, 0.05) is 19.2 Å². The molecule has 2 aromatic carbocycles. The minimum absolute atomic E-state index is 0.128. The number of para-hydroxylation sites is 1. The molecule has 1 atom stereocenters. The number of halogens is 2. The SMILES string of the molecule is CNC(=O)c1c(-c2ccc(F)cc2)oc2nc(N(CCCc3ccccc3OC)S(=O)O)c(I)cc12. The monoisotopic (exact) mass is 623 g/mol. The first-order valence-corrected chi connectivity index (χ1v) is 13.1. The van der Waals surface area contributed by atoms with E-state index < -0.39 is 23.0 Å². The number of nitrogens with zero attached hydrogens (tertiary/aromatic N) is 2. The van der Waals surface area contributed by atoms with Crippen LogP contribution in [-0.4, -0.2) is 40.4 Å². The molecule has 0 radical (unpaired) electrons. The van der Waals surface area contributed by atoms with Gasteiger partial charge in [0.05, 0.1) is 21.6 Å². The van der Waals surface area contributed by atoms with Gasteiger partial charge in [-0.15, -0.1) is 0 Å². The summed E-state index contributed by atoms with van der Waals surface area (Å²) in [5.74, 6) is 0.441. The van der Waals surface area contributed by atoms with Crippen molar-refractivity contribution in [3.05, 3.63) is 75.1 Å². The Kier molecular flexibility index (Phi) is 8.21. The van der Waals surface area contributed by atoms with Crippen molar-refractivity contribution in [3.63, 3.8) is 0 Å². The van der Waals surface area contributed by atoms with E-state index in [0.717, 1.165) is 11.3 Å². The Morgan fingerprint density at radius 2 is 1.97 bits per heavy atom. The molecule has 0 saturated carbocycles. The molecule has 4 aromatic rings. The van der Waals surface area contributed by atoms with E-state index in [1.807, 2.05) is 46.9 Å². The number of anilines is 1. The van der Waals surface area contributed by atoms with Gasteiger partial charge in [0.1, 0.15) is 17.3 Å². The molecule has 2 heterocycles. The minimum atomic E-state index is -2.35. The third-order valence-corrected chi connectivity index (χ3v) is 7.13. The topological polar surface area (TPSA) is 105 Å². The van der Waals surface area contributed by atoms with E-state index in [1.54, 1.807) is 13.2 Å². The second-order valence-corrected chi connectivity index (χ2v) is 9.85. The molecule has 0 fully saturated rings. The van der Waals surface area contributed by atoms with E-state index in [0.29, 0.717) is 27.4 Å². The Hall–Kier alpha value is -3.03. The van der Waals surface area contributed by atoms with Crippen LogP contribution in [-0.2, 0) is 17.7 Å². The number of aromatic nitrogens is 1. The number of hydrogen-bond acceptors (Lipinski definition) is 5. The molecule has 2 aromatic heterocycles. The molecule has 0 aliphatic carbocycles. The van der Waals surface area contributed by atoms with Crippen LogP contribution in [0.4, 0.5) is 10.2 Å². The molecule has 4 rings (SSSR count). The summed E-state index contributed by atoms with van der Waals surface area (Å²) in [4.78, 5) is 17.2.